The Balaban J connectivity index is 1.48. The number of unbranched alkanes of at least 4 members (excludes halogenated alkanes) is 1. The highest BCUT2D eigenvalue weighted by Crippen LogP contribution is 2.61. The zero-order chi connectivity index (χ0) is 41.9. The molecule has 1 aliphatic heterocycles. The van der Waals surface area contributed by atoms with Crippen LogP contribution in [0.2, 0.25) is 0 Å². The monoisotopic (exact) mass is 877 g/mol. The third-order valence-electron chi connectivity index (χ3n) is 7.67. The summed E-state index contributed by atoms with van der Waals surface area (Å²) in [6, 6.07) is 0. The van der Waals surface area contributed by atoms with Crippen molar-refractivity contribution in [2.45, 2.75) is 77.1 Å². The van der Waals surface area contributed by atoms with Crippen LogP contribution in [0.5, 0.6) is 0 Å². The number of nitrogen functional groups attached to an aromatic ring is 1. The van der Waals surface area contributed by atoms with Gasteiger partial charge in [-0.3, -0.25) is 32.5 Å². The van der Waals surface area contributed by atoms with Crippen LogP contribution in [0, 0.1) is 5.41 Å². The topological polar surface area (TPSA) is 364 Å². The van der Waals surface area contributed by atoms with Gasteiger partial charge in [0, 0.05) is 37.1 Å². The highest BCUT2D eigenvalue weighted by atomic mass is 32.2. The minimum absolute atomic E-state index is 0.0309. The number of hydrogen-bond acceptors (Lipinski definition) is 18. The van der Waals surface area contributed by atoms with Gasteiger partial charge in [0.1, 0.15) is 36.3 Å². The standard InChI is InChI=1S/C28H46N7O17P3S/c1-4-5-6-7-8-19(37)56-12-11-30-18(36)9-10-31-26(40)23(39)28(2,3)14-49-55(46,47)52-54(44,45)48-13-17-22(51-53(41,42)43)21(38)27(50-17)35-16-34-20-24(29)32-15-33-25(20)35/h6-7,15-17,21-23,27,38-39H,4-5,8-14H2,1-3H3,(H,30,36)(H,31,40)(H,44,45)(H,46,47)(H2,29,32,33)(H2,41,42,43)/b7-6+. The van der Waals surface area contributed by atoms with Gasteiger partial charge in [0.25, 0.3) is 0 Å². The molecule has 28 heteroatoms. The van der Waals surface area contributed by atoms with Crippen molar-refractivity contribution < 1.29 is 80.5 Å². The van der Waals surface area contributed by atoms with Crippen LogP contribution < -0.4 is 16.4 Å². The molecule has 0 radical (unpaired) electrons. The van der Waals surface area contributed by atoms with E-state index in [2.05, 4.69) is 34.4 Å². The van der Waals surface area contributed by atoms with Crippen molar-refractivity contribution in [1.82, 2.24) is 30.2 Å². The summed E-state index contributed by atoms with van der Waals surface area (Å²) in [5, 5.41) is 26.3. The van der Waals surface area contributed by atoms with Crippen LogP contribution in [0.4, 0.5) is 5.82 Å². The molecule has 56 heavy (non-hydrogen) atoms. The third-order valence-corrected chi connectivity index (χ3v) is 11.7. The van der Waals surface area contributed by atoms with Crippen molar-refractivity contribution in [1.29, 1.82) is 0 Å². The number of carbonyl (C=O) groups is 3. The fraction of sp³-hybridized carbons (Fsp3) is 0.643. The van der Waals surface area contributed by atoms with Crippen molar-refractivity contribution in [3.05, 3.63) is 24.8 Å². The normalized spacial score (nSPS) is 21.8. The lowest BCUT2D eigenvalue weighted by Crippen LogP contribution is -2.46. The average molecular weight is 878 g/mol. The Morgan fingerprint density at radius 1 is 1.07 bits per heavy atom. The SMILES string of the molecule is CCC/C=C/CC(=O)SCCNC(=O)CCNC(=O)C(O)C(C)(C)COP(=O)(O)OP(=O)(O)OCC1OC(n2cnc3c(N)ncnc32)C(O)C1OP(=O)(O)O. The number of nitrogens with one attached hydrogen (secondary N) is 2. The Morgan fingerprint density at radius 2 is 1.77 bits per heavy atom. The summed E-state index contributed by atoms with van der Waals surface area (Å²) in [6.07, 6.45) is -1.01. The molecule has 1 saturated heterocycles. The number of hydrogen-bond donors (Lipinski definition) is 9. The van der Waals surface area contributed by atoms with Gasteiger partial charge in [0.2, 0.25) is 11.8 Å². The zero-order valence-corrected chi connectivity index (χ0v) is 33.8. The number of fused-ring (bicyclic) bond motifs is 1. The van der Waals surface area contributed by atoms with Gasteiger partial charge >= 0.3 is 23.5 Å². The van der Waals surface area contributed by atoms with Crippen LogP contribution in [0.15, 0.2) is 24.8 Å². The molecule has 0 aromatic carbocycles. The predicted octanol–water partition coefficient (Wildman–Crippen LogP) is 0.411. The Hall–Kier alpha value is -2.70. The fourth-order valence-electron chi connectivity index (χ4n) is 4.82. The van der Waals surface area contributed by atoms with Gasteiger partial charge in [-0.1, -0.05) is 51.1 Å². The Labute approximate surface area is 324 Å². The molecule has 3 heterocycles. The maximum atomic E-state index is 12.7. The smallest absolute Gasteiger partial charge is 0.386 e. The fourth-order valence-corrected chi connectivity index (χ4v) is 8.29. The zero-order valence-electron chi connectivity index (χ0n) is 30.4. The number of aliphatic hydroxyl groups is 2. The maximum absolute atomic E-state index is 12.7. The molecule has 0 saturated carbocycles. The number of nitrogens with zero attached hydrogens (tertiary/aromatic N) is 4. The van der Waals surface area contributed by atoms with Crippen LogP contribution >= 0.6 is 35.2 Å². The second kappa shape index (κ2) is 20.8. The first-order chi connectivity index (χ1) is 26.1. The van der Waals surface area contributed by atoms with Crippen LogP contribution in [-0.4, -0.2) is 123 Å². The summed E-state index contributed by atoms with van der Waals surface area (Å²) in [7, 11) is -16.4. The van der Waals surface area contributed by atoms with E-state index in [9.17, 15) is 57.9 Å². The summed E-state index contributed by atoms with van der Waals surface area (Å²) in [4.78, 5) is 87.4. The van der Waals surface area contributed by atoms with Crippen LogP contribution in [-0.2, 0) is 50.7 Å². The molecule has 24 nitrogen and oxygen atoms in total. The molecule has 2 aromatic heterocycles. The highest BCUT2D eigenvalue weighted by Gasteiger charge is 2.50. The molecule has 0 spiro atoms. The quantitative estimate of drug-likeness (QED) is 0.0415. The van der Waals surface area contributed by atoms with E-state index >= 15 is 0 Å². The van der Waals surface area contributed by atoms with Gasteiger partial charge in [-0.2, -0.15) is 4.31 Å². The minimum atomic E-state index is -5.57. The van der Waals surface area contributed by atoms with E-state index < -0.39 is 84.6 Å². The van der Waals surface area contributed by atoms with Gasteiger partial charge < -0.3 is 50.9 Å². The number of rotatable bonds is 23. The summed E-state index contributed by atoms with van der Waals surface area (Å²) < 4.78 is 62.1. The minimum Gasteiger partial charge on any atom is -0.386 e. The second-order valence-corrected chi connectivity index (χ2v) is 18.1. The first-order valence-electron chi connectivity index (χ1n) is 16.8. The van der Waals surface area contributed by atoms with E-state index in [0.717, 1.165) is 41.8 Å². The van der Waals surface area contributed by atoms with Crippen LogP contribution in [0.1, 0.15) is 52.7 Å². The molecule has 10 N–H and O–H groups in total. The number of ether oxygens (including phenoxy) is 1. The first-order valence-corrected chi connectivity index (χ1v) is 22.3. The average Bonchev–Trinajstić information content (AvgIpc) is 3.66. The summed E-state index contributed by atoms with van der Waals surface area (Å²) in [5.41, 5.74) is 4.26. The molecule has 2 amide bonds. The number of nitrogens with two attached hydrogens (primary N) is 1. The van der Waals surface area contributed by atoms with E-state index in [1.165, 1.54) is 13.8 Å². The van der Waals surface area contributed by atoms with Crippen LogP contribution in [0.25, 0.3) is 11.2 Å². The van der Waals surface area contributed by atoms with Crippen molar-refractivity contribution in [3.63, 3.8) is 0 Å². The molecule has 3 rings (SSSR count). The Morgan fingerprint density at radius 3 is 2.45 bits per heavy atom. The van der Waals surface area contributed by atoms with Crippen LogP contribution in [0.3, 0.4) is 0 Å². The molecule has 1 fully saturated rings. The molecule has 2 aromatic rings. The number of anilines is 1. The van der Waals surface area contributed by atoms with Gasteiger partial charge in [0.05, 0.1) is 19.5 Å². The van der Waals surface area contributed by atoms with Gasteiger partial charge in [-0.05, 0) is 6.42 Å². The molecule has 0 bridgehead atoms. The van der Waals surface area contributed by atoms with Crippen molar-refractivity contribution in [2.24, 2.45) is 5.41 Å². The molecule has 1 aliphatic rings. The number of phosphoric ester groups is 3. The summed E-state index contributed by atoms with van der Waals surface area (Å²) in [5.74, 6) is -1.09. The van der Waals surface area contributed by atoms with E-state index in [4.69, 9.17) is 19.5 Å². The summed E-state index contributed by atoms with van der Waals surface area (Å²) >= 11 is 1.08. The molecule has 316 valence electrons. The number of aliphatic hydroxyl groups excluding tert-OH is 2. The number of aromatic nitrogens is 4. The number of imidazole rings is 1. The molecule has 7 atom stereocenters. The molecule has 7 unspecified atom stereocenters. The number of carbonyl (C=O) groups excluding carboxylic acids is 3. The Kier molecular flexibility index (Phi) is 17.7. The largest absolute Gasteiger partial charge is 0.481 e. The molecule has 0 aliphatic carbocycles. The number of amides is 2. The lowest BCUT2D eigenvalue weighted by atomic mass is 9.87. The van der Waals surface area contributed by atoms with Crippen molar-refractivity contribution >= 4 is 69.1 Å². The maximum Gasteiger partial charge on any atom is 0.481 e. The van der Waals surface area contributed by atoms with E-state index in [1.54, 1.807) is 6.08 Å². The van der Waals surface area contributed by atoms with E-state index in [-0.39, 0.29) is 41.6 Å². The summed E-state index contributed by atoms with van der Waals surface area (Å²) in [6.45, 7) is 2.54. The molecular weight excluding hydrogens is 831 g/mol. The van der Waals surface area contributed by atoms with E-state index in [1.807, 2.05) is 13.0 Å². The van der Waals surface area contributed by atoms with Gasteiger partial charge in [0.15, 0.2) is 22.8 Å². The lowest BCUT2D eigenvalue weighted by Gasteiger charge is -2.30. The molecular formula is C28H46N7O17P3S. The Bertz CT molecular complexity index is 1850. The number of phosphoric acid groups is 3. The lowest BCUT2D eigenvalue weighted by molar-refractivity contribution is -0.137. The van der Waals surface area contributed by atoms with Crippen molar-refractivity contribution in [3.8, 4) is 0 Å². The van der Waals surface area contributed by atoms with Gasteiger partial charge in [-0.15, -0.1) is 0 Å². The number of thioether (sulfide) groups is 1. The second-order valence-electron chi connectivity index (χ2n) is 12.8. The van der Waals surface area contributed by atoms with E-state index in [0.29, 0.717) is 12.2 Å². The highest BCUT2D eigenvalue weighted by molar-refractivity contribution is 8.13. The third kappa shape index (κ3) is 14.9. The number of allylic oxidation sites excluding steroid dienone is 2. The van der Waals surface area contributed by atoms with Crippen molar-refractivity contribution in [2.75, 3.05) is 37.8 Å². The van der Waals surface area contributed by atoms with Gasteiger partial charge in [-0.25, -0.2) is 28.6 Å². The predicted molar refractivity (Wildman–Crippen MR) is 196 cm³/mol. The first kappa shape index (κ1) is 47.7.